The van der Waals surface area contributed by atoms with E-state index < -0.39 is 41.9 Å². The maximum Gasteiger partial charge on any atom is 0.279 e. The standard InChI is InChI=1S/C9H9ClN2O6S/c1-6(5-19(10,17)18)8-3-2-7(11(13)14)4-9(8)12(15)16/h2-4,6H,5H2,1H3. The third-order valence-electron chi connectivity index (χ3n) is 2.40. The van der Waals surface area contributed by atoms with Crippen LogP contribution in [0.15, 0.2) is 18.2 Å². The number of hydrogen-bond donors (Lipinski definition) is 0. The minimum Gasteiger partial charge on any atom is -0.258 e. The number of nitrogens with zero attached hydrogens (tertiary/aromatic N) is 2. The van der Waals surface area contributed by atoms with E-state index in [9.17, 15) is 28.6 Å². The molecule has 0 N–H and O–H groups in total. The molecule has 0 aliphatic heterocycles. The third-order valence-corrected chi connectivity index (χ3v) is 3.68. The van der Waals surface area contributed by atoms with E-state index in [1.165, 1.54) is 13.0 Å². The molecule has 1 atom stereocenters. The fraction of sp³-hybridized carbons (Fsp3) is 0.333. The highest BCUT2D eigenvalue weighted by atomic mass is 35.7. The van der Waals surface area contributed by atoms with Crippen molar-refractivity contribution in [2.24, 2.45) is 0 Å². The Kier molecular flexibility index (Phi) is 4.43. The second kappa shape index (κ2) is 5.49. The molecule has 10 heteroatoms. The second-order valence-electron chi connectivity index (χ2n) is 3.86. The summed E-state index contributed by atoms with van der Waals surface area (Å²) in [6.07, 6.45) is 0. The molecule has 0 bridgehead atoms. The van der Waals surface area contributed by atoms with E-state index in [0.29, 0.717) is 0 Å². The van der Waals surface area contributed by atoms with Gasteiger partial charge in [-0.2, -0.15) is 0 Å². The van der Waals surface area contributed by atoms with Gasteiger partial charge < -0.3 is 0 Å². The summed E-state index contributed by atoms with van der Waals surface area (Å²) in [5, 5.41) is 21.4. The predicted molar refractivity (Wildman–Crippen MR) is 67.8 cm³/mol. The first-order chi connectivity index (χ1) is 8.61. The zero-order chi connectivity index (χ0) is 14.8. The monoisotopic (exact) mass is 308 g/mol. The average Bonchev–Trinajstić information content (AvgIpc) is 2.25. The molecule has 0 heterocycles. The van der Waals surface area contributed by atoms with Gasteiger partial charge in [0.1, 0.15) is 0 Å². The molecular formula is C9H9ClN2O6S. The Bertz CT molecular complexity index is 630. The first-order valence-corrected chi connectivity index (χ1v) is 7.44. The summed E-state index contributed by atoms with van der Waals surface area (Å²) >= 11 is 0. The highest BCUT2D eigenvalue weighted by Gasteiger charge is 2.25. The van der Waals surface area contributed by atoms with Crippen LogP contribution in [-0.2, 0) is 9.05 Å². The van der Waals surface area contributed by atoms with E-state index in [1.54, 1.807) is 0 Å². The number of halogens is 1. The van der Waals surface area contributed by atoms with Crippen molar-refractivity contribution in [3.8, 4) is 0 Å². The second-order valence-corrected chi connectivity index (χ2v) is 6.69. The fourth-order valence-corrected chi connectivity index (χ4v) is 2.95. The van der Waals surface area contributed by atoms with E-state index in [4.69, 9.17) is 10.7 Å². The molecule has 0 radical (unpaired) electrons. The Hall–Kier alpha value is -1.74. The minimum atomic E-state index is -3.82. The van der Waals surface area contributed by atoms with E-state index in [1.807, 2.05) is 0 Å². The van der Waals surface area contributed by atoms with Crippen molar-refractivity contribution in [3.05, 3.63) is 44.0 Å². The molecule has 0 aliphatic carbocycles. The first-order valence-electron chi connectivity index (χ1n) is 4.97. The van der Waals surface area contributed by atoms with Crippen LogP contribution in [0.5, 0.6) is 0 Å². The Morgan fingerprint density at radius 1 is 1.26 bits per heavy atom. The summed E-state index contributed by atoms with van der Waals surface area (Å²) < 4.78 is 21.9. The summed E-state index contributed by atoms with van der Waals surface area (Å²) in [6.45, 7) is 1.44. The average molecular weight is 309 g/mol. The Morgan fingerprint density at radius 3 is 2.26 bits per heavy atom. The third kappa shape index (κ3) is 4.14. The van der Waals surface area contributed by atoms with Crippen LogP contribution in [-0.4, -0.2) is 24.0 Å². The van der Waals surface area contributed by atoms with E-state index in [-0.39, 0.29) is 5.56 Å². The summed E-state index contributed by atoms with van der Waals surface area (Å²) in [5.74, 6) is -1.24. The van der Waals surface area contributed by atoms with E-state index in [2.05, 4.69) is 0 Å². The highest BCUT2D eigenvalue weighted by molar-refractivity contribution is 8.13. The lowest BCUT2D eigenvalue weighted by atomic mass is 10.0. The van der Waals surface area contributed by atoms with Gasteiger partial charge in [0.05, 0.1) is 21.7 Å². The van der Waals surface area contributed by atoms with Crippen LogP contribution in [0.3, 0.4) is 0 Å². The minimum absolute atomic E-state index is 0.0832. The molecule has 1 unspecified atom stereocenters. The molecule has 104 valence electrons. The summed E-state index contributed by atoms with van der Waals surface area (Å²) in [7, 11) is 1.26. The Labute approximate surface area is 112 Å². The van der Waals surface area contributed by atoms with Crippen molar-refractivity contribution in [1.29, 1.82) is 0 Å². The molecule has 0 fully saturated rings. The zero-order valence-corrected chi connectivity index (χ0v) is 11.2. The van der Waals surface area contributed by atoms with E-state index >= 15 is 0 Å². The smallest absolute Gasteiger partial charge is 0.258 e. The van der Waals surface area contributed by atoms with Crippen LogP contribution in [0, 0.1) is 20.2 Å². The molecule has 0 aromatic heterocycles. The molecule has 0 saturated heterocycles. The number of nitro groups is 2. The lowest BCUT2D eigenvalue weighted by Gasteiger charge is -2.09. The molecule has 0 aliphatic rings. The fourth-order valence-electron chi connectivity index (χ4n) is 1.61. The molecule has 1 rings (SSSR count). The SMILES string of the molecule is CC(CS(=O)(=O)Cl)c1ccc([N+](=O)[O-])cc1[N+](=O)[O-]. The topological polar surface area (TPSA) is 120 Å². The van der Waals surface area contributed by atoms with Gasteiger partial charge in [-0.25, -0.2) is 8.42 Å². The number of benzene rings is 1. The Morgan fingerprint density at radius 2 is 1.84 bits per heavy atom. The molecule has 0 spiro atoms. The molecule has 8 nitrogen and oxygen atoms in total. The van der Waals surface area contributed by atoms with Gasteiger partial charge in [0, 0.05) is 28.2 Å². The van der Waals surface area contributed by atoms with Crippen LogP contribution in [0.1, 0.15) is 18.4 Å². The summed E-state index contributed by atoms with van der Waals surface area (Å²) in [6, 6.07) is 3.05. The van der Waals surface area contributed by atoms with E-state index in [0.717, 1.165) is 12.1 Å². The summed E-state index contributed by atoms with van der Waals surface area (Å²) in [4.78, 5) is 19.9. The number of rotatable bonds is 5. The summed E-state index contributed by atoms with van der Waals surface area (Å²) in [5.41, 5.74) is -0.849. The van der Waals surface area contributed by atoms with Crippen molar-refractivity contribution < 1.29 is 18.3 Å². The molecule has 0 amide bonds. The van der Waals surface area contributed by atoms with Crippen LogP contribution in [0.2, 0.25) is 0 Å². The van der Waals surface area contributed by atoms with Crippen molar-refractivity contribution in [1.82, 2.24) is 0 Å². The lowest BCUT2D eigenvalue weighted by molar-refractivity contribution is -0.394. The number of nitro benzene ring substituents is 2. The quantitative estimate of drug-likeness (QED) is 0.467. The predicted octanol–water partition coefficient (Wildman–Crippen LogP) is 2.18. The molecule has 0 saturated carbocycles. The Balaban J connectivity index is 3.28. The number of non-ortho nitro benzene ring substituents is 1. The van der Waals surface area contributed by atoms with Crippen LogP contribution >= 0.6 is 10.7 Å². The van der Waals surface area contributed by atoms with Crippen LogP contribution < -0.4 is 0 Å². The van der Waals surface area contributed by atoms with Crippen LogP contribution in [0.25, 0.3) is 0 Å². The zero-order valence-electron chi connectivity index (χ0n) is 9.65. The van der Waals surface area contributed by atoms with Gasteiger partial charge in [-0.1, -0.05) is 6.92 Å². The van der Waals surface area contributed by atoms with Crippen molar-refractivity contribution >= 4 is 31.1 Å². The van der Waals surface area contributed by atoms with Crippen molar-refractivity contribution in [2.45, 2.75) is 12.8 Å². The normalized spacial score (nSPS) is 12.9. The maximum absolute atomic E-state index is 11.0. The van der Waals surface area contributed by atoms with Gasteiger partial charge in [0.25, 0.3) is 11.4 Å². The van der Waals surface area contributed by atoms with Gasteiger partial charge in [-0.05, 0) is 6.07 Å². The molecule has 19 heavy (non-hydrogen) atoms. The van der Waals surface area contributed by atoms with Gasteiger partial charge >= 0.3 is 0 Å². The molecule has 1 aromatic rings. The largest absolute Gasteiger partial charge is 0.279 e. The van der Waals surface area contributed by atoms with Crippen molar-refractivity contribution in [2.75, 3.05) is 5.75 Å². The lowest BCUT2D eigenvalue weighted by Crippen LogP contribution is -2.09. The van der Waals surface area contributed by atoms with Crippen LogP contribution in [0.4, 0.5) is 11.4 Å². The number of hydrogen-bond acceptors (Lipinski definition) is 6. The van der Waals surface area contributed by atoms with Gasteiger partial charge in [-0.15, -0.1) is 0 Å². The van der Waals surface area contributed by atoms with Crippen molar-refractivity contribution in [3.63, 3.8) is 0 Å². The van der Waals surface area contributed by atoms with Gasteiger partial charge in [0.15, 0.2) is 0 Å². The van der Waals surface area contributed by atoms with Gasteiger partial charge in [0.2, 0.25) is 9.05 Å². The van der Waals surface area contributed by atoms with Gasteiger partial charge in [-0.3, -0.25) is 20.2 Å². The molecule has 1 aromatic carbocycles. The molecular weight excluding hydrogens is 300 g/mol. The maximum atomic E-state index is 11.0. The highest BCUT2D eigenvalue weighted by Crippen LogP contribution is 2.31. The first kappa shape index (κ1) is 15.3.